The molecule has 0 unspecified atom stereocenters. The molecule has 0 aromatic heterocycles. The van der Waals surface area contributed by atoms with Gasteiger partial charge in [0.05, 0.1) is 5.57 Å². The lowest BCUT2D eigenvalue weighted by atomic mass is 10.1. The Kier molecular flexibility index (Phi) is 4.26. The number of allylic oxidation sites excluding steroid dienone is 1. The van der Waals surface area contributed by atoms with Crippen LogP contribution in [0.1, 0.15) is 12.8 Å². The molecule has 0 aromatic carbocycles. The van der Waals surface area contributed by atoms with E-state index in [1.807, 2.05) is 0 Å². The van der Waals surface area contributed by atoms with Crippen LogP contribution in [0.15, 0.2) is 11.8 Å². The highest BCUT2D eigenvalue weighted by atomic mass is 19.4. The monoisotopic (exact) mass is 289 g/mol. The van der Waals surface area contributed by atoms with E-state index in [2.05, 4.69) is 0 Å². The maximum atomic E-state index is 12.2. The Morgan fingerprint density at radius 3 is 1.53 bits per heavy atom. The second kappa shape index (κ2) is 5.22. The van der Waals surface area contributed by atoms with Gasteiger partial charge in [-0.2, -0.15) is 26.3 Å². The normalized spacial score (nSPS) is 16.4. The molecule has 1 aliphatic rings. The molecule has 1 rings (SSSR count). The van der Waals surface area contributed by atoms with Crippen molar-refractivity contribution in [1.29, 1.82) is 0 Å². The molecule has 108 valence electrons. The quantitative estimate of drug-likeness (QED) is 0.346. The average molecular weight is 289 g/mol. The van der Waals surface area contributed by atoms with E-state index in [0.717, 1.165) is 4.90 Å². The second-order valence-corrected chi connectivity index (χ2v) is 3.94. The van der Waals surface area contributed by atoms with Crippen LogP contribution in [0.5, 0.6) is 0 Å². The van der Waals surface area contributed by atoms with Gasteiger partial charge in [0, 0.05) is 19.3 Å². The summed E-state index contributed by atoms with van der Waals surface area (Å²) in [4.78, 5) is 22.9. The van der Waals surface area contributed by atoms with Gasteiger partial charge in [0.2, 0.25) is 0 Å². The van der Waals surface area contributed by atoms with Gasteiger partial charge < -0.3 is 4.90 Å². The number of hydrogen-bond donors (Lipinski definition) is 0. The number of rotatable bonds is 3. The van der Waals surface area contributed by atoms with Crippen molar-refractivity contribution >= 4 is 11.6 Å². The number of halogens is 6. The zero-order valence-electron chi connectivity index (χ0n) is 9.44. The first-order chi connectivity index (χ1) is 8.53. The zero-order chi connectivity index (χ0) is 14.8. The lowest BCUT2D eigenvalue weighted by Gasteiger charge is -2.16. The largest absolute Gasteiger partial charge is 0.455 e. The van der Waals surface area contributed by atoms with Gasteiger partial charge in [-0.1, -0.05) is 0 Å². The summed E-state index contributed by atoms with van der Waals surface area (Å²) in [5.41, 5.74) is -1.89. The third kappa shape index (κ3) is 3.97. The minimum absolute atomic E-state index is 0.208. The van der Waals surface area contributed by atoms with E-state index < -0.39 is 29.5 Å². The van der Waals surface area contributed by atoms with Gasteiger partial charge in [0.25, 0.3) is 11.6 Å². The molecular weight excluding hydrogens is 280 g/mol. The lowest BCUT2D eigenvalue weighted by molar-refractivity contribution is -0.175. The molecule has 0 spiro atoms. The first-order valence-electron chi connectivity index (χ1n) is 5.22. The summed E-state index contributed by atoms with van der Waals surface area (Å²) in [6.45, 7) is 0.416. The first-order valence-corrected chi connectivity index (χ1v) is 5.22. The average Bonchev–Trinajstić information content (AvgIpc) is 2.74. The van der Waals surface area contributed by atoms with Crippen molar-refractivity contribution in [3.63, 3.8) is 0 Å². The van der Waals surface area contributed by atoms with Crippen LogP contribution in [0.3, 0.4) is 0 Å². The molecule has 0 bridgehead atoms. The molecule has 0 amide bonds. The van der Waals surface area contributed by atoms with Crippen molar-refractivity contribution in [2.24, 2.45) is 0 Å². The molecule has 0 saturated carbocycles. The van der Waals surface area contributed by atoms with Crippen LogP contribution in [0.2, 0.25) is 0 Å². The van der Waals surface area contributed by atoms with Crippen LogP contribution in [0, 0.1) is 0 Å². The third-order valence-corrected chi connectivity index (χ3v) is 2.46. The van der Waals surface area contributed by atoms with Crippen molar-refractivity contribution in [3.05, 3.63) is 11.8 Å². The highest BCUT2D eigenvalue weighted by molar-refractivity contribution is 6.23. The smallest absolute Gasteiger partial charge is 0.377 e. The van der Waals surface area contributed by atoms with E-state index in [9.17, 15) is 35.9 Å². The molecule has 0 aliphatic carbocycles. The molecule has 0 radical (unpaired) electrons. The fraction of sp³-hybridized carbons (Fsp3) is 0.600. The van der Waals surface area contributed by atoms with E-state index in [1.54, 1.807) is 0 Å². The summed E-state index contributed by atoms with van der Waals surface area (Å²) in [6.07, 6.45) is -9.54. The molecule has 3 nitrogen and oxygen atoms in total. The van der Waals surface area contributed by atoms with E-state index in [4.69, 9.17) is 0 Å². The molecular formula is C10H9F6NO2. The summed E-state index contributed by atoms with van der Waals surface area (Å²) in [5.74, 6) is -5.55. The summed E-state index contributed by atoms with van der Waals surface area (Å²) in [5, 5.41) is 0. The standard InChI is InChI=1S/C10H9F6NO2/c11-9(12,13)7(18)6(8(19)10(14,15)16)5-17-3-1-2-4-17/h5H,1-4H2. The minimum Gasteiger partial charge on any atom is -0.377 e. The van der Waals surface area contributed by atoms with Gasteiger partial charge in [0.1, 0.15) is 0 Å². The van der Waals surface area contributed by atoms with E-state index in [1.165, 1.54) is 0 Å². The molecule has 0 aromatic rings. The number of ketones is 2. The zero-order valence-corrected chi connectivity index (χ0v) is 9.44. The van der Waals surface area contributed by atoms with Gasteiger partial charge in [-0.15, -0.1) is 0 Å². The fourth-order valence-corrected chi connectivity index (χ4v) is 1.58. The first kappa shape index (κ1) is 15.5. The highest BCUT2D eigenvalue weighted by Crippen LogP contribution is 2.28. The minimum atomic E-state index is -5.52. The van der Waals surface area contributed by atoms with Gasteiger partial charge in [-0.3, -0.25) is 9.59 Å². The maximum absolute atomic E-state index is 12.2. The van der Waals surface area contributed by atoms with E-state index in [-0.39, 0.29) is 13.1 Å². The molecule has 1 aliphatic heterocycles. The van der Waals surface area contributed by atoms with Gasteiger partial charge in [-0.25, -0.2) is 0 Å². The SMILES string of the molecule is O=C(C(=CN1CCCC1)C(=O)C(F)(F)F)C(F)(F)F. The molecule has 9 heteroatoms. The maximum Gasteiger partial charge on any atom is 0.455 e. The number of carbonyl (C=O) groups excluding carboxylic acids is 2. The Bertz CT molecular complexity index is 375. The molecule has 1 saturated heterocycles. The lowest BCUT2D eigenvalue weighted by Crippen LogP contribution is -2.36. The Balaban J connectivity index is 3.11. The van der Waals surface area contributed by atoms with Crippen molar-refractivity contribution in [2.75, 3.05) is 13.1 Å². The number of nitrogens with zero attached hydrogens (tertiary/aromatic N) is 1. The van der Waals surface area contributed by atoms with Gasteiger partial charge >= 0.3 is 12.4 Å². The number of hydrogen-bond acceptors (Lipinski definition) is 3. The van der Waals surface area contributed by atoms with Crippen molar-refractivity contribution in [2.45, 2.75) is 25.2 Å². The van der Waals surface area contributed by atoms with Crippen LogP contribution < -0.4 is 0 Å². The Hall–Kier alpha value is -1.54. The summed E-state index contributed by atoms with van der Waals surface area (Å²) in [6, 6.07) is 0. The number of alkyl halides is 6. The summed E-state index contributed by atoms with van der Waals surface area (Å²) < 4.78 is 73.2. The number of Topliss-reactive ketones (excluding diaryl/α,β-unsaturated/α-hetero) is 2. The molecule has 1 heterocycles. The fourth-order valence-electron chi connectivity index (χ4n) is 1.58. The number of carbonyl (C=O) groups is 2. The molecule has 19 heavy (non-hydrogen) atoms. The van der Waals surface area contributed by atoms with E-state index >= 15 is 0 Å². The molecule has 1 fully saturated rings. The molecule has 0 atom stereocenters. The molecule has 0 N–H and O–H groups in total. The van der Waals surface area contributed by atoms with Crippen LogP contribution in [-0.2, 0) is 9.59 Å². The summed E-state index contributed by atoms with van der Waals surface area (Å²) in [7, 11) is 0. The Morgan fingerprint density at radius 2 is 1.21 bits per heavy atom. The third-order valence-electron chi connectivity index (χ3n) is 2.46. The highest BCUT2D eigenvalue weighted by Gasteiger charge is 2.50. The van der Waals surface area contributed by atoms with Crippen molar-refractivity contribution in [1.82, 2.24) is 4.90 Å². The van der Waals surface area contributed by atoms with Crippen molar-refractivity contribution in [3.8, 4) is 0 Å². The Morgan fingerprint density at radius 1 is 0.842 bits per heavy atom. The van der Waals surface area contributed by atoms with Gasteiger partial charge in [0.15, 0.2) is 0 Å². The topological polar surface area (TPSA) is 37.4 Å². The van der Waals surface area contributed by atoms with Crippen LogP contribution >= 0.6 is 0 Å². The predicted octanol–water partition coefficient (Wildman–Crippen LogP) is 2.23. The van der Waals surface area contributed by atoms with Gasteiger partial charge in [-0.05, 0) is 12.8 Å². The van der Waals surface area contributed by atoms with Crippen LogP contribution in [0.4, 0.5) is 26.3 Å². The Labute approximate surface area is 103 Å². The van der Waals surface area contributed by atoms with Crippen LogP contribution in [-0.4, -0.2) is 41.9 Å². The predicted molar refractivity (Wildman–Crippen MR) is 51.0 cm³/mol. The van der Waals surface area contributed by atoms with Crippen molar-refractivity contribution < 1.29 is 35.9 Å². The number of likely N-dealkylation sites (tertiary alicyclic amines) is 1. The van der Waals surface area contributed by atoms with Crippen LogP contribution in [0.25, 0.3) is 0 Å². The second-order valence-electron chi connectivity index (χ2n) is 3.94. The van der Waals surface area contributed by atoms with E-state index in [0.29, 0.717) is 19.0 Å². The summed E-state index contributed by atoms with van der Waals surface area (Å²) >= 11 is 0.